The molecule has 5 nitrogen and oxygen atoms in total. The molecule has 0 aromatic heterocycles. The monoisotopic (exact) mass is 407 g/mol. The first-order chi connectivity index (χ1) is 9.52. The fraction of sp³-hybridized carbons (Fsp3) is 0.533. The second kappa shape index (κ2) is 10.7. The van der Waals surface area contributed by atoms with E-state index in [0.29, 0.717) is 19.1 Å². The summed E-state index contributed by atoms with van der Waals surface area (Å²) in [5.74, 6) is 1.30. The number of nitrogens with two attached hydrogens (primary N) is 1. The van der Waals surface area contributed by atoms with Crippen molar-refractivity contribution in [3.8, 4) is 5.75 Å². The van der Waals surface area contributed by atoms with Crippen LogP contribution in [-0.4, -0.2) is 38.4 Å². The molecule has 21 heavy (non-hydrogen) atoms. The van der Waals surface area contributed by atoms with Gasteiger partial charge in [-0.2, -0.15) is 0 Å². The lowest BCUT2D eigenvalue weighted by molar-refractivity contribution is 0.179. The van der Waals surface area contributed by atoms with Crippen LogP contribution in [0.2, 0.25) is 0 Å². The molecule has 6 heteroatoms. The van der Waals surface area contributed by atoms with Crippen molar-refractivity contribution in [1.29, 1.82) is 0 Å². The zero-order chi connectivity index (χ0) is 15.0. The Morgan fingerprint density at radius 1 is 1.33 bits per heavy atom. The smallest absolute Gasteiger partial charge is 0.189 e. The van der Waals surface area contributed by atoms with Crippen molar-refractivity contribution in [2.45, 2.75) is 32.9 Å². The molecule has 1 aromatic rings. The molecule has 0 saturated carbocycles. The van der Waals surface area contributed by atoms with E-state index in [4.69, 9.17) is 15.2 Å². The number of benzene rings is 1. The molecule has 0 saturated heterocycles. The molecule has 2 atom stereocenters. The van der Waals surface area contributed by atoms with Crippen LogP contribution in [0.25, 0.3) is 0 Å². The molecule has 0 heterocycles. The van der Waals surface area contributed by atoms with Gasteiger partial charge in [-0.3, -0.25) is 0 Å². The van der Waals surface area contributed by atoms with Crippen molar-refractivity contribution in [3.63, 3.8) is 0 Å². The van der Waals surface area contributed by atoms with Gasteiger partial charge in [-0.05, 0) is 32.4 Å². The van der Waals surface area contributed by atoms with Gasteiger partial charge in [-0.15, -0.1) is 24.0 Å². The summed E-state index contributed by atoms with van der Waals surface area (Å²) in [5, 5.41) is 3.06. The SMILES string of the molecule is COCC(C)NC(N)=NCC(C)Oc1ccccc1C.I. The zero-order valence-electron chi connectivity index (χ0n) is 13.1. The number of hydrogen-bond donors (Lipinski definition) is 2. The first-order valence-electron chi connectivity index (χ1n) is 6.80. The lowest BCUT2D eigenvalue weighted by Gasteiger charge is -2.16. The molecule has 2 unspecified atom stereocenters. The van der Waals surface area contributed by atoms with Crippen molar-refractivity contribution in [2.24, 2.45) is 10.7 Å². The van der Waals surface area contributed by atoms with Gasteiger partial charge in [-0.1, -0.05) is 18.2 Å². The van der Waals surface area contributed by atoms with Gasteiger partial charge in [0.1, 0.15) is 11.9 Å². The van der Waals surface area contributed by atoms with Crippen LogP contribution in [0, 0.1) is 6.92 Å². The number of rotatable bonds is 7. The van der Waals surface area contributed by atoms with E-state index in [1.807, 2.05) is 45.0 Å². The van der Waals surface area contributed by atoms with Gasteiger partial charge in [0, 0.05) is 13.2 Å². The molecule has 0 bridgehead atoms. The van der Waals surface area contributed by atoms with Crippen LogP contribution in [0.4, 0.5) is 0 Å². The average Bonchev–Trinajstić information content (AvgIpc) is 2.39. The molecular formula is C15H26IN3O2. The predicted molar refractivity (Wildman–Crippen MR) is 97.6 cm³/mol. The van der Waals surface area contributed by atoms with Crippen LogP contribution in [-0.2, 0) is 4.74 Å². The van der Waals surface area contributed by atoms with E-state index in [2.05, 4.69) is 10.3 Å². The Bertz CT molecular complexity index is 441. The summed E-state index contributed by atoms with van der Waals surface area (Å²) in [6.45, 7) is 7.08. The third kappa shape index (κ3) is 8.11. The number of nitrogens with zero attached hydrogens (tertiary/aromatic N) is 1. The van der Waals surface area contributed by atoms with E-state index in [0.717, 1.165) is 11.3 Å². The summed E-state index contributed by atoms with van der Waals surface area (Å²) < 4.78 is 10.9. The minimum Gasteiger partial charge on any atom is -0.489 e. The number of halogens is 1. The van der Waals surface area contributed by atoms with Crippen molar-refractivity contribution < 1.29 is 9.47 Å². The Hall–Kier alpha value is -1.02. The molecule has 0 fully saturated rings. The number of aliphatic imine (C=N–C) groups is 1. The Morgan fingerprint density at radius 2 is 2.00 bits per heavy atom. The molecule has 1 rings (SSSR count). The molecule has 1 aromatic carbocycles. The van der Waals surface area contributed by atoms with E-state index < -0.39 is 0 Å². The molecule has 0 aliphatic rings. The fourth-order valence-corrected chi connectivity index (χ4v) is 1.76. The van der Waals surface area contributed by atoms with Gasteiger partial charge >= 0.3 is 0 Å². The Balaban J connectivity index is 0.00000400. The molecular weight excluding hydrogens is 381 g/mol. The van der Waals surface area contributed by atoms with E-state index in [1.165, 1.54) is 0 Å². The lowest BCUT2D eigenvalue weighted by atomic mass is 10.2. The third-order valence-electron chi connectivity index (χ3n) is 2.75. The molecule has 0 spiro atoms. The number of methoxy groups -OCH3 is 1. The van der Waals surface area contributed by atoms with Crippen LogP contribution < -0.4 is 15.8 Å². The number of ether oxygens (including phenoxy) is 2. The minimum absolute atomic E-state index is 0. The van der Waals surface area contributed by atoms with Crippen molar-refractivity contribution in [1.82, 2.24) is 5.32 Å². The Morgan fingerprint density at radius 3 is 2.62 bits per heavy atom. The van der Waals surface area contributed by atoms with Crippen LogP contribution >= 0.6 is 24.0 Å². The predicted octanol–water partition coefficient (Wildman–Crippen LogP) is 2.32. The number of nitrogens with one attached hydrogen (secondary N) is 1. The van der Waals surface area contributed by atoms with Crippen LogP contribution in [0.1, 0.15) is 19.4 Å². The Labute approximate surface area is 144 Å². The lowest BCUT2D eigenvalue weighted by Crippen LogP contribution is -2.41. The largest absolute Gasteiger partial charge is 0.489 e. The Kier molecular flexibility index (Phi) is 10.2. The number of aryl methyl sites for hydroxylation is 1. The standard InChI is InChI=1S/C15H25N3O2.HI/c1-11-7-5-6-8-14(11)20-13(3)9-17-15(16)18-12(2)10-19-4;/h5-8,12-13H,9-10H2,1-4H3,(H3,16,17,18);1H. The highest BCUT2D eigenvalue weighted by Gasteiger charge is 2.06. The normalized spacial score (nSPS) is 14.0. The second-order valence-corrected chi connectivity index (χ2v) is 4.92. The first kappa shape index (κ1) is 20.0. The zero-order valence-corrected chi connectivity index (χ0v) is 15.5. The van der Waals surface area contributed by atoms with E-state index in [1.54, 1.807) is 7.11 Å². The van der Waals surface area contributed by atoms with Gasteiger partial charge in [0.2, 0.25) is 0 Å². The van der Waals surface area contributed by atoms with E-state index in [9.17, 15) is 0 Å². The summed E-state index contributed by atoms with van der Waals surface area (Å²) in [6, 6.07) is 8.06. The van der Waals surface area contributed by atoms with Gasteiger partial charge in [0.15, 0.2) is 5.96 Å². The van der Waals surface area contributed by atoms with Crippen molar-refractivity contribution in [3.05, 3.63) is 29.8 Å². The van der Waals surface area contributed by atoms with Gasteiger partial charge in [0.25, 0.3) is 0 Å². The van der Waals surface area contributed by atoms with Crippen LogP contribution in [0.15, 0.2) is 29.3 Å². The summed E-state index contributed by atoms with van der Waals surface area (Å²) >= 11 is 0. The molecule has 0 amide bonds. The topological polar surface area (TPSA) is 68.9 Å². The fourth-order valence-electron chi connectivity index (χ4n) is 1.76. The summed E-state index contributed by atoms with van der Waals surface area (Å²) in [6.07, 6.45) is -0.0332. The minimum atomic E-state index is -0.0332. The van der Waals surface area contributed by atoms with Gasteiger partial charge in [-0.25, -0.2) is 4.99 Å². The maximum Gasteiger partial charge on any atom is 0.189 e. The highest BCUT2D eigenvalue weighted by Crippen LogP contribution is 2.17. The maximum absolute atomic E-state index is 5.83. The quantitative estimate of drug-likeness (QED) is 0.414. The third-order valence-corrected chi connectivity index (χ3v) is 2.75. The molecule has 0 aliphatic heterocycles. The summed E-state index contributed by atoms with van der Waals surface area (Å²) in [4.78, 5) is 4.27. The number of para-hydroxylation sites is 1. The first-order valence-corrected chi connectivity index (χ1v) is 6.80. The number of hydrogen-bond acceptors (Lipinski definition) is 3. The summed E-state index contributed by atoms with van der Waals surface area (Å²) in [5.41, 5.74) is 6.92. The summed E-state index contributed by atoms with van der Waals surface area (Å²) in [7, 11) is 1.66. The molecule has 0 aliphatic carbocycles. The van der Waals surface area contributed by atoms with Crippen molar-refractivity contribution >= 4 is 29.9 Å². The van der Waals surface area contributed by atoms with Gasteiger partial charge in [0.05, 0.1) is 13.2 Å². The van der Waals surface area contributed by atoms with E-state index in [-0.39, 0.29) is 36.1 Å². The molecule has 0 radical (unpaired) electrons. The second-order valence-electron chi connectivity index (χ2n) is 4.92. The van der Waals surface area contributed by atoms with Crippen LogP contribution in [0.3, 0.4) is 0 Å². The highest BCUT2D eigenvalue weighted by molar-refractivity contribution is 14.0. The maximum atomic E-state index is 5.83. The van der Waals surface area contributed by atoms with Gasteiger partial charge < -0.3 is 20.5 Å². The van der Waals surface area contributed by atoms with Crippen molar-refractivity contribution in [2.75, 3.05) is 20.3 Å². The van der Waals surface area contributed by atoms with Crippen LogP contribution in [0.5, 0.6) is 5.75 Å². The highest BCUT2D eigenvalue weighted by atomic mass is 127. The van der Waals surface area contributed by atoms with E-state index >= 15 is 0 Å². The average molecular weight is 407 g/mol. The molecule has 120 valence electrons. The molecule has 3 N–H and O–H groups in total. The number of guanidine groups is 1.